The van der Waals surface area contributed by atoms with Crippen LogP contribution in [0.15, 0.2) is 48.5 Å². The van der Waals surface area contributed by atoms with Gasteiger partial charge in [-0.3, -0.25) is 4.79 Å². The topological polar surface area (TPSA) is 32.8 Å². The number of rotatable bonds is 5. The van der Waals surface area contributed by atoms with Crippen molar-refractivity contribution >= 4 is 11.6 Å². The van der Waals surface area contributed by atoms with Crippen molar-refractivity contribution in [3.8, 4) is 5.75 Å². The normalized spacial score (nSPS) is 15.7. The Morgan fingerprint density at radius 3 is 2.42 bits per heavy atom. The van der Waals surface area contributed by atoms with Crippen LogP contribution in [0.2, 0.25) is 0 Å². The van der Waals surface area contributed by atoms with Gasteiger partial charge in [0.15, 0.2) is 17.7 Å². The van der Waals surface area contributed by atoms with Gasteiger partial charge in [0.2, 0.25) is 0 Å². The van der Waals surface area contributed by atoms with Crippen LogP contribution in [0.5, 0.6) is 5.75 Å². The molecule has 0 aliphatic carbocycles. The molecule has 4 nitrogen and oxygen atoms in total. The van der Waals surface area contributed by atoms with E-state index in [0.717, 1.165) is 19.5 Å². The van der Waals surface area contributed by atoms with Crippen molar-refractivity contribution in [1.82, 2.24) is 4.90 Å². The second-order valence-corrected chi connectivity index (χ2v) is 6.49. The van der Waals surface area contributed by atoms with E-state index in [0.29, 0.717) is 13.1 Å². The number of carbonyl (C=O) groups excluding carboxylic acids is 1. The molecule has 2 aromatic carbocycles. The van der Waals surface area contributed by atoms with Gasteiger partial charge in [-0.15, -0.1) is 0 Å². The van der Waals surface area contributed by atoms with Crippen molar-refractivity contribution in [3.05, 3.63) is 59.9 Å². The van der Waals surface area contributed by atoms with E-state index in [1.807, 2.05) is 0 Å². The molecule has 1 unspecified atom stereocenters. The van der Waals surface area contributed by atoms with Crippen LogP contribution in [0.1, 0.15) is 19.4 Å². The summed E-state index contributed by atoms with van der Waals surface area (Å²) < 4.78 is 19.2. The Morgan fingerprint density at radius 1 is 1.08 bits per heavy atom. The third kappa shape index (κ3) is 3.98. The molecule has 1 saturated heterocycles. The van der Waals surface area contributed by atoms with Gasteiger partial charge in [0.25, 0.3) is 5.91 Å². The van der Waals surface area contributed by atoms with Gasteiger partial charge in [0.1, 0.15) is 0 Å². The van der Waals surface area contributed by atoms with Crippen molar-refractivity contribution in [1.29, 1.82) is 0 Å². The number of para-hydroxylation sites is 2. The number of hydrogen-bond donors (Lipinski definition) is 0. The van der Waals surface area contributed by atoms with E-state index < -0.39 is 11.9 Å². The molecule has 26 heavy (non-hydrogen) atoms. The highest BCUT2D eigenvalue weighted by Gasteiger charge is 2.27. The fourth-order valence-corrected chi connectivity index (χ4v) is 3.32. The first kappa shape index (κ1) is 18.2. The van der Waals surface area contributed by atoms with Crippen molar-refractivity contribution in [3.63, 3.8) is 0 Å². The van der Waals surface area contributed by atoms with Gasteiger partial charge in [-0.2, -0.15) is 0 Å². The number of ether oxygens (including phenoxy) is 1. The minimum Gasteiger partial charge on any atom is -0.478 e. The summed E-state index contributed by atoms with van der Waals surface area (Å²) in [5.74, 6) is -0.436. The minimum atomic E-state index is -0.707. The number of carbonyl (C=O) groups is 1. The molecule has 0 N–H and O–H groups in total. The quantitative estimate of drug-likeness (QED) is 0.822. The first-order valence-electron chi connectivity index (χ1n) is 9.13. The van der Waals surface area contributed by atoms with Gasteiger partial charge in [-0.25, -0.2) is 4.39 Å². The summed E-state index contributed by atoms with van der Waals surface area (Å²) in [6.07, 6.45) is 0.282. The van der Waals surface area contributed by atoms with Gasteiger partial charge in [-0.1, -0.05) is 37.3 Å². The van der Waals surface area contributed by atoms with E-state index in [1.165, 1.54) is 17.3 Å². The van der Waals surface area contributed by atoms with Crippen LogP contribution in [0.25, 0.3) is 0 Å². The van der Waals surface area contributed by atoms with E-state index in [9.17, 15) is 9.18 Å². The third-order valence-corrected chi connectivity index (χ3v) is 4.79. The van der Waals surface area contributed by atoms with Crippen LogP contribution in [0.3, 0.4) is 0 Å². The average molecular weight is 356 g/mol. The second-order valence-electron chi connectivity index (χ2n) is 6.49. The molecule has 2 aromatic rings. The molecule has 1 heterocycles. The van der Waals surface area contributed by atoms with Crippen LogP contribution < -0.4 is 9.64 Å². The van der Waals surface area contributed by atoms with Crippen LogP contribution >= 0.6 is 0 Å². The van der Waals surface area contributed by atoms with Crippen LogP contribution in [-0.2, 0) is 11.2 Å². The van der Waals surface area contributed by atoms with Gasteiger partial charge in [0, 0.05) is 31.9 Å². The molecule has 0 spiro atoms. The predicted octanol–water partition coefficient (Wildman–Crippen LogP) is 3.50. The van der Waals surface area contributed by atoms with E-state index in [2.05, 4.69) is 36.1 Å². The van der Waals surface area contributed by atoms with Crippen LogP contribution in [0, 0.1) is 5.82 Å². The lowest BCUT2D eigenvalue weighted by molar-refractivity contribution is -0.138. The molecule has 1 aliphatic heterocycles. The molecule has 1 amide bonds. The number of benzene rings is 2. The molecule has 1 aliphatic rings. The summed E-state index contributed by atoms with van der Waals surface area (Å²) in [6, 6.07) is 14.6. The maximum absolute atomic E-state index is 13.7. The lowest BCUT2D eigenvalue weighted by Gasteiger charge is -2.37. The van der Waals surface area contributed by atoms with E-state index in [-0.39, 0.29) is 11.7 Å². The summed E-state index contributed by atoms with van der Waals surface area (Å²) in [7, 11) is 0. The van der Waals surface area contributed by atoms with Crippen molar-refractivity contribution < 1.29 is 13.9 Å². The Balaban J connectivity index is 1.59. The largest absolute Gasteiger partial charge is 0.478 e. The van der Waals surface area contributed by atoms with Gasteiger partial charge in [0.05, 0.1) is 0 Å². The Morgan fingerprint density at radius 2 is 1.73 bits per heavy atom. The lowest BCUT2D eigenvalue weighted by Crippen LogP contribution is -2.52. The number of hydrogen-bond acceptors (Lipinski definition) is 3. The highest BCUT2D eigenvalue weighted by atomic mass is 19.1. The molecule has 1 atom stereocenters. The highest BCUT2D eigenvalue weighted by molar-refractivity contribution is 5.81. The van der Waals surface area contributed by atoms with E-state index in [1.54, 1.807) is 30.0 Å². The second kappa shape index (κ2) is 8.21. The Labute approximate surface area is 154 Å². The number of aryl methyl sites for hydroxylation is 1. The summed E-state index contributed by atoms with van der Waals surface area (Å²) >= 11 is 0. The van der Waals surface area contributed by atoms with Crippen LogP contribution in [0.4, 0.5) is 10.1 Å². The van der Waals surface area contributed by atoms with E-state index in [4.69, 9.17) is 4.74 Å². The van der Waals surface area contributed by atoms with Crippen molar-refractivity contribution in [2.24, 2.45) is 0 Å². The Hall–Kier alpha value is -2.56. The van der Waals surface area contributed by atoms with Crippen molar-refractivity contribution in [2.45, 2.75) is 26.4 Å². The molecule has 0 saturated carbocycles. The zero-order valence-corrected chi connectivity index (χ0v) is 15.3. The summed E-state index contributed by atoms with van der Waals surface area (Å²) in [4.78, 5) is 16.8. The first-order chi connectivity index (χ1) is 12.6. The Bertz CT molecular complexity index is 757. The smallest absolute Gasteiger partial charge is 0.263 e. The number of piperazine rings is 1. The SMILES string of the molecule is CCc1ccccc1N1CCN(C(=O)C(C)Oc2ccccc2F)CC1. The number of nitrogens with zero attached hydrogens (tertiary/aromatic N) is 2. The summed E-state index contributed by atoms with van der Waals surface area (Å²) in [5.41, 5.74) is 2.57. The van der Waals surface area contributed by atoms with Gasteiger partial charge in [-0.05, 0) is 37.1 Å². The standard InChI is InChI=1S/C21H25FN2O2/c1-3-17-8-4-6-10-19(17)23-12-14-24(15-13-23)21(25)16(2)26-20-11-7-5-9-18(20)22/h4-11,16H,3,12-15H2,1-2H3. The van der Waals surface area contributed by atoms with Gasteiger partial charge >= 0.3 is 0 Å². The maximum Gasteiger partial charge on any atom is 0.263 e. The molecular formula is C21H25FN2O2. The molecule has 1 fully saturated rings. The van der Waals surface area contributed by atoms with E-state index >= 15 is 0 Å². The molecule has 138 valence electrons. The van der Waals surface area contributed by atoms with Gasteiger partial charge < -0.3 is 14.5 Å². The first-order valence-corrected chi connectivity index (χ1v) is 9.13. The summed E-state index contributed by atoms with van der Waals surface area (Å²) in [6.45, 7) is 6.68. The molecule has 3 rings (SSSR count). The minimum absolute atomic E-state index is 0.100. The Kier molecular flexibility index (Phi) is 5.76. The highest BCUT2D eigenvalue weighted by Crippen LogP contribution is 2.23. The number of amides is 1. The maximum atomic E-state index is 13.7. The number of anilines is 1. The fourth-order valence-electron chi connectivity index (χ4n) is 3.32. The zero-order chi connectivity index (χ0) is 18.5. The third-order valence-electron chi connectivity index (χ3n) is 4.79. The molecular weight excluding hydrogens is 331 g/mol. The summed E-state index contributed by atoms with van der Waals surface area (Å²) in [5, 5.41) is 0. The average Bonchev–Trinajstić information content (AvgIpc) is 2.69. The molecule has 0 aromatic heterocycles. The zero-order valence-electron chi connectivity index (χ0n) is 15.3. The monoisotopic (exact) mass is 356 g/mol. The molecule has 0 radical (unpaired) electrons. The van der Waals surface area contributed by atoms with Crippen molar-refractivity contribution in [2.75, 3.05) is 31.1 Å². The molecule has 0 bridgehead atoms. The van der Waals surface area contributed by atoms with Crippen LogP contribution in [-0.4, -0.2) is 43.1 Å². The fraction of sp³-hybridized carbons (Fsp3) is 0.381. The molecule has 5 heteroatoms. The lowest BCUT2D eigenvalue weighted by atomic mass is 10.1. The predicted molar refractivity (Wildman–Crippen MR) is 101 cm³/mol. The number of halogens is 1.